The lowest BCUT2D eigenvalue weighted by Crippen LogP contribution is -2.25. The number of hydrogen-bond acceptors (Lipinski definition) is 4. The number of aromatic nitrogens is 1. The number of nitrogen functional groups attached to an aromatic ring is 1. The standard InChI is InChI=1S/C11H17N3O2/c1-16-7-3-2-5-14-11(15)10-8-9(12)4-6-13-10/h4,6,8H,2-3,5,7H2,1H3,(H2,12,13)(H,14,15). The molecule has 0 saturated heterocycles. The van der Waals surface area contributed by atoms with Crippen molar-refractivity contribution in [3.8, 4) is 0 Å². The quantitative estimate of drug-likeness (QED) is 0.700. The summed E-state index contributed by atoms with van der Waals surface area (Å²) < 4.78 is 4.91. The Morgan fingerprint density at radius 1 is 1.56 bits per heavy atom. The van der Waals surface area contributed by atoms with Crippen LogP contribution in [0.4, 0.5) is 5.69 Å². The molecule has 1 rings (SSSR count). The molecular weight excluding hydrogens is 206 g/mol. The number of hydrogen-bond donors (Lipinski definition) is 2. The summed E-state index contributed by atoms with van der Waals surface area (Å²) >= 11 is 0. The van der Waals surface area contributed by atoms with E-state index in [-0.39, 0.29) is 5.91 Å². The first-order valence-electron chi connectivity index (χ1n) is 5.22. The van der Waals surface area contributed by atoms with Crippen molar-refractivity contribution in [2.75, 3.05) is 26.0 Å². The average Bonchev–Trinajstić information content (AvgIpc) is 2.28. The third kappa shape index (κ3) is 4.27. The summed E-state index contributed by atoms with van der Waals surface area (Å²) in [6.45, 7) is 1.34. The summed E-state index contributed by atoms with van der Waals surface area (Å²) in [5, 5.41) is 2.77. The molecule has 0 aliphatic carbocycles. The van der Waals surface area contributed by atoms with Gasteiger partial charge in [-0.15, -0.1) is 0 Å². The van der Waals surface area contributed by atoms with Crippen molar-refractivity contribution in [3.63, 3.8) is 0 Å². The minimum absolute atomic E-state index is 0.190. The molecule has 0 aromatic carbocycles. The minimum atomic E-state index is -0.190. The van der Waals surface area contributed by atoms with Crippen LogP contribution in [0.3, 0.4) is 0 Å². The van der Waals surface area contributed by atoms with Crippen LogP contribution in [0, 0.1) is 0 Å². The summed E-state index contributed by atoms with van der Waals surface area (Å²) in [5.74, 6) is -0.190. The van der Waals surface area contributed by atoms with Crippen LogP contribution in [0.25, 0.3) is 0 Å². The van der Waals surface area contributed by atoms with Gasteiger partial charge in [0.05, 0.1) is 0 Å². The van der Waals surface area contributed by atoms with Gasteiger partial charge < -0.3 is 15.8 Å². The van der Waals surface area contributed by atoms with Crippen LogP contribution >= 0.6 is 0 Å². The highest BCUT2D eigenvalue weighted by Gasteiger charge is 2.05. The van der Waals surface area contributed by atoms with E-state index in [1.165, 1.54) is 6.20 Å². The second-order valence-corrected chi connectivity index (χ2v) is 3.43. The zero-order valence-corrected chi connectivity index (χ0v) is 9.40. The first kappa shape index (κ1) is 12.4. The second kappa shape index (κ2) is 6.79. The summed E-state index contributed by atoms with van der Waals surface area (Å²) in [4.78, 5) is 15.5. The van der Waals surface area contributed by atoms with E-state index in [2.05, 4.69) is 10.3 Å². The van der Waals surface area contributed by atoms with Crippen molar-refractivity contribution in [1.29, 1.82) is 0 Å². The lowest BCUT2D eigenvalue weighted by Gasteiger charge is -2.04. The van der Waals surface area contributed by atoms with Crippen molar-refractivity contribution in [1.82, 2.24) is 10.3 Å². The highest BCUT2D eigenvalue weighted by molar-refractivity contribution is 5.92. The number of methoxy groups -OCH3 is 1. The number of carbonyl (C=O) groups excluding carboxylic acids is 1. The lowest BCUT2D eigenvalue weighted by atomic mass is 10.3. The molecule has 1 aromatic rings. The van der Waals surface area contributed by atoms with Crippen molar-refractivity contribution >= 4 is 11.6 Å². The van der Waals surface area contributed by atoms with Crippen molar-refractivity contribution in [2.45, 2.75) is 12.8 Å². The van der Waals surface area contributed by atoms with Crippen LogP contribution in [-0.4, -0.2) is 31.2 Å². The van der Waals surface area contributed by atoms with Gasteiger partial charge in [0, 0.05) is 32.1 Å². The Labute approximate surface area is 95.0 Å². The molecule has 0 unspecified atom stereocenters. The van der Waals surface area contributed by atoms with Gasteiger partial charge >= 0.3 is 0 Å². The number of carbonyl (C=O) groups is 1. The topological polar surface area (TPSA) is 77.2 Å². The molecule has 5 heteroatoms. The molecule has 0 aliphatic heterocycles. The number of nitrogens with one attached hydrogen (secondary N) is 1. The number of amides is 1. The zero-order valence-electron chi connectivity index (χ0n) is 9.40. The maximum absolute atomic E-state index is 11.6. The molecule has 0 aliphatic rings. The van der Waals surface area contributed by atoms with Crippen LogP contribution in [0.1, 0.15) is 23.3 Å². The molecule has 1 amide bonds. The van der Waals surface area contributed by atoms with Gasteiger partial charge in [0.1, 0.15) is 5.69 Å². The van der Waals surface area contributed by atoms with E-state index in [1.807, 2.05) is 0 Å². The van der Waals surface area contributed by atoms with Gasteiger partial charge in [-0.05, 0) is 25.0 Å². The molecule has 88 valence electrons. The molecular formula is C11H17N3O2. The van der Waals surface area contributed by atoms with Gasteiger partial charge in [-0.3, -0.25) is 9.78 Å². The van der Waals surface area contributed by atoms with Gasteiger partial charge in [0.25, 0.3) is 5.91 Å². The van der Waals surface area contributed by atoms with Crippen molar-refractivity contribution in [3.05, 3.63) is 24.0 Å². The van der Waals surface area contributed by atoms with Crippen LogP contribution in [0.5, 0.6) is 0 Å². The smallest absolute Gasteiger partial charge is 0.269 e. The lowest BCUT2D eigenvalue weighted by molar-refractivity contribution is 0.0946. The van der Waals surface area contributed by atoms with E-state index in [9.17, 15) is 4.79 Å². The fourth-order valence-electron chi connectivity index (χ4n) is 1.23. The van der Waals surface area contributed by atoms with Crippen LogP contribution in [-0.2, 0) is 4.74 Å². The largest absolute Gasteiger partial charge is 0.399 e. The monoisotopic (exact) mass is 223 g/mol. The Hall–Kier alpha value is -1.62. The van der Waals surface area contributed by atoms with Crippen molar-refractivity contribution < 1.29 is 9.53 Å². The van der Waals surface area contributed by atoms with Gasteiger partial charge in [0.2, 0.25) is 0 Å². The van der Waals surface area contributed by atoms with Crippen LogP contribution in [0.15, 0.2) is 18.3 Å². The second-order valence-electron chi connectivity index (χ2n) is 3.43. The number of nitrogens with two attached hydrogens (primary N) is 1. The maximum atomic E-state index is 11.6. The molecule has 1 aromatic heterocycles. The Balaban J connectivity index is 2.30. The fraction of sp³-hybridized carbons (Fsp3) is 0.455. The third-order valence-electron chi connectivity index (χ3n) is 2.08. The number of anilines is 1. The van der Waals surface area contributed by atoms with Gasteiger partial charge in [-0.1, -0.05) is 0 Å². The molecule has 0 atom stereocenters. The Bertz CT molecular complexity index is 342. The first-order chi connectivity index (χ1) is 7.74. The molecule has 0 fully saturated rings. The average molecular weight is 223 g/mol. The predicted octanol–water partition coefficient (Wildman–Crippen LogP) is 0.820. The van der Waals surface area contributed by atoms with E-state index in [0.29, 0.717) is 24.5 Å². The highest BCUT2D eigenvalue weighted by atomic mass is 16.5. The van der Waals surface area contributed by atoms with Crippen LogP contribution < -0.4 is 11.1 Å². The predicted molar refractivity (Wildman–Crippen MR) is 62.1 cm³/mol. The summed E-state index contributed by atoms with van der Waals surface area (Å²) in [7, 11) is 1.66. The van der Waals surface area contributed by atoms with E-state index in [0.717, 1.165) is 12.8 Å². The van der Waals surface area contributed by atoms with Crippen molar-refractivity contribution in [2.24, 2.45) is 0 Å². The number of nitrogens with zero attached hydrogens (tertiary/aromatic N) is 1. The Morgan fingerprint density at radius 2 is 2.38 bits per heavy atom. The Morgan fingerprint density at radius 3 is 3.06 bits per heavy atom. The molecule has 5 nitrogen and oxygen atoms in total. The normalized spacial score (nSPS) is 10.1. The first-order valence-corrected chi connectivity index (χ1v) is 5.22. The molecule has 1 heterocycles. The Kier molecular flexibility index (Phi) is 5.28. The SMILES string of the molecule is COCCCCNC(=O)c1cc(N)ccn1. The van der Waals surface area contributed by atoms with Crippen LogP contribution in [0.2, 0.25) is 0 Å². The molecule has 3 N–H and O–H groups in total. The fourth-order valence-corrected chi connectivity index (χ4v) is 1.23. The third-order valence-corrected chi connectivity index (χ3v) is 2.08. The molecule has 16 heavy (non-hydrogen) atoms. The number of ether oxygens (including phenoxy) is 1. The van der Waals surface area contributed by atoms with E-state index >= 15 is 0 Å². The minimum Gasteiger partial charge on any atom is -0.399 e. The summed E-state index contributed by atoms with van der Waals surface area (Å²) in [6, 6.07) is 3.21. The van der Waals surface area contributed by atoms with Gasteiger partial charge in [-0.25, -0.2) is 0 Å². The summed E-state index contributed by atoms with van der Waals surface area (Å²) in [5.41, 5.74) is 6.45. The highest BCUT2D eigenvalue weighted by Crippen LogP contribution is 2.02. The van der Waals surface area contributed by atoms with Gasteiger partial charge in [0.15, 0.2) is 0 Å². The molecule has 0 spiro atoms. The van der Waals surface area contributed by atoms with E-state index in [4.69, 9.17) is 10.5 Å². The molecule has 0 radical (unpaired) electrons. The number of rotatable bonds is 6. The van der Waals surface area contributed by atoms with E-state index < -0.39 is 0 Å². The van der Waals surface area contributed by atoms with Gasteiger partial charge in [-0.2, -0.15) is 0 Å². The van der Waals surface area contributed by atoms with E-state index in [1.54, 1.807) is 19.2 Å². The number of unbranched alkanes of at least 4 members (excludes halogenated alkanes) is 1. The number of pyridine rings is 1. The molecule has 0 bridgehead atoms. The zero-order chi connectivity index (χ0) is 11.8. The molecule has 0 saturated carbocycles. The maximum Gasteiger partial charge on any atom is 0.269 e. The summed E-state index contributed by atoms with van der Waals surface area (Å²) in [6.07, 6.45) is 3.35.